The molecule has 0 saturated carbocycles. The maximum Gasteiger partial charge on any atom is 0.223 e. The summed E-state index contributed by atoms with van der Waals surface area (Å²) in [5.74, 6) is 0.263. The van der Waals surface area contributed by atoms with Crippen LogP contribution in [0.4, 0.5) is 5.69 Å². The molecule has 1 N–H and O–H groups in total. The lowest BCUT2D eigenvalue weighted by Crippen LogP contribution is -2.49. The Bertz CT molecular complexity index is 990. The van der Waals surface area contributed by atoms with Crippen LogP contribution in [0.5, 0.6) is 0 Å². The van der Waals surface area contributed by atoms with Crippen molar-refractivity contribution in [1.82, 2.24) is 9.88 Å². The van der Waals surface area contributed by atoms with Gasteiger partial charge in [0.05, 0.1) is 0 Å². The highest BCUT2D eigenvalue weighted by atomic mass is 16.2. The fraction of sp³-hybridized carbons (Fsp3) is 0.400. The minimum Gasteiger partial charge on any atom is -0.368 e. The summed E-state index contributed by atoms with van der Waals surface area (Å²) < 4.78 is 0. The summed E-state index contributed by atoms with van der Waals surface area (Å²) in [4.78, 5) is 20.6. The molecule has 0 unspecified atom stereocenters. The van der Waals surface area contributed by atoms with Crippen molar-refractivity contribution in [3.05, 3.63) is 65.9 Å². The second-order valence-corrected chi connectivity index (χ2v) is 8.99. The van der Waals surface area contributed by atoms with E-state index in [1.165, 1.54) is 22.2 Å². The lowest BCUT2D eigenvalue weighted by atomic mass is 9.85. The van der Waals surface area contributed by atoms with E-state index in [1.807, 2.05) is 17.2 Å². The largest absolute Gasteiger partial charge is 0.368 e. The van der Waals surface area contributed by atoms with E-state index >= 15 is 0 Å². The highest BCUT2D eigenvalue weighted by molar-refractivity contribution is 5.84. The van der Waals surface area contributed by atoms with E-state index in [-0.39, 0.29) is 11.3 Å². The summed E-state index contributed by atoms with van der Waals surface area (Å²) in [5.41, 5.74) is 5.17. The summed E-state index contributed by atoms with van der Waals surface area (Å²) >= 11 is 0. The van der Waals surface area contributed by atoms with Gasteiger partial charge in [-0.25, -0.2) is 0 Å². The molecule has 4 rings (SSSR count). The predicted octanol–water partition coefficient (Wildman–Crippen LogP) is 4.75. The Labute approximate surface area is 173 Å². The normalized spacial score (nSPS) is 15.1. The summed E-state index contributed by atoms with van der Waals surface area (Å²) in [6.45, 7) is 10.2. The van der Waals surface area contributed by atoms with Crippen molar-refractivity contribution in [2.24, 2.45) is 0 Å². The third-order valence-electron chi connectivity index (χ3n) is 5.97. The lowest BCUT2D eigenvalue weighted by molar-refractivity contribution is -0.131. The van der Waals surface area contributed by atoms with Crippen LogP contribution in [0.15, 0.2) is 54.7 Å². The first-order valence-corrected chi connectivity index (χ1v) is 10.6. The van der Waals surface area contributed by atoms with Crippen LogP contribution < -0.4 is 4.90 Å². The number of fused-ring (bicyclic) bond motifs is 1. The van der Waals surface area contributed by atoms with Crippen LogP contribution in [0, 0.1) is 0 Å². The minimum absolute atomic E-state index is 0.114. The van der Waals surface area contributed by atoms with Crippen molar-refractivity contribution in [3.63, 3.8) is 0 Å². The monoisotopic (exact) mass is 389 g/mol. The third-order valence-corrected chi connectivity index (χ3v) is 5.97. The first kappa shape index (κ1) is 19.6. The first-order chi connectivity index (χ1) is 13.9. The van der Waals surface area contributed by atoms with E-state index in [2.05, 4.69) is 73.1 Å². The molecule has 1 aromatic heterocycles. The molecule has 29 heavy (non-hydrogen) atoms. The summed E-state index contributed by atoms with van der Waals surface area (Å²) in [6, 6.07) is 17.0. The Balaban J connectivity index is 1.36. The zero-order valence-corrected chi connectivity index (χ0v) is 17.7. The molecule has 4 heteroatoms. The molecule has 2 aromatic carbocycles. The number of aromatic amines is 1. The Hall–Kier alpha value is -2.75. The van der Waals surface area contributed by atoms with Gasteiger partial charge in [0.2, 0.25) is 5.91 Å². The molecule has 0 bridgehead atoms. The topological polar surface area (TPSA) is 39.3 Å². The quantitative estimate of drug-likeness (QED) is 0.700. The average Bonchev–Trinajstić information content (AvgIpc) is 3.15. The molecule has 0 spiro atoms. The number of carbonyl (C=O) groups excluding carboxylic acids is 1. The maximum atomic E-state index is 12.8. The number of hydrogen-bond acceptors (Lipinski definition) is 2. The van der Waals surface area contributed by atoms with Gasteiger partial charge in [0.1, 0.15) is 0 Å². The second-order valence-electron chi connectivity index (χ2n) is 8.99. The number of aromatic nitrogens is 1. The summed E-state index contributed by atoms with van der Waals surface area (Å²) in [5, 5.41) is 1.23. The smallest absolute Gasteiger partial charge is 0.223 e. The molecule has 1 amide bonds. The van der Waals surface area contributed by atoms with Gasteiger partial charge in [0.15, 0.2) is 0 Å². The van der Waals surface area contributed by atoms with Crippen LogP contribution in [-0.2, 0) is 16.6 Å². The van der Waals surface area contributed by atoms with Crippen LogP contribution in [-0.4, -0.2) is 42.0 Å². The molecule has 1 saturated heterocycles. The highest BCUT2D eigenvalue weighted by Gasteiger charge is 2.25. The number of anilines is 1. The van der Waals surface area contributed by atoms with Crippen molar-refractivity contribution in [2.75, 3.05) is 31.1 Å². The standard InChI is InChI=1S/C25H31N3O/c1-25(2,3)21-9-5-7-11-23(21)27-14-16-28(17-15-27)24(29)13-12-19-18-26-22-10-6-4-8-20(19)22/h4-11,18,26H,12-17H2,1-3H3. The lowest BCUT2D eigenvalue weighted by Gasteiger charge is -2.38. The molecular weight excluding hydrogens is 358 g/mol. The van der Waals surface area contributed by atoms with Crippen LogP contribution in [0.3, 0.4) is 0 Å². The van der Waals surface area contributed by atoms with Crippen molar-refractivity contribution < 1.29 is 4.79 Å². The van der Waals surface area contributed by atoms with Gasteiger partial charge in [-0.3, -0.25) is 4.79 Å². The van der Waals surface area contributed by atoms with Gasteiger partial charge in [0, 0.05) is 55.4 Å². The van der Waals surface area contributed by atoms with E-state index < -0.39 is 0 Å². The third kappa shape index (κ3) is 4.16. The number of H-pyrrole nitrogens is 1. The molecule has 0 aliphatic carbocycles. The molecule has 3 aromatic rings. The SMILES string of the molecule is CC(C)(C)c1ccccc1N1CCN(C(=O)CCc2c[nH]c3ccccc23)CC1. The van der Waals surface area contributed by atoms with Crippen molar-refractivity contribution in [2.45, 2.75) is 39.0 Å². The van der Waals surface area contributed by atoms with E-state index in [4.69, 9.17) is 0 Å². The van der Waals surface area contributed by atoms with E-state index in [1.54, 1.807) is 0 Å². The zero-order chi connectivity index (χ0) is 20.4. The molecule has 152 valence electrons. The summed E-state index contributed by atoms with van der Waals surface area (Å²) in [6.07, 6.45) is 3.40. The number of rotatable bonds is 4. The van der Waals surface area contributed by atoms with Gasteiger partial charge in [-0.2, -0.15) is 0 Å². The number of para-hydroxylation sites is 2. The van der Waals surface area contributed by atoms with Crippen LogP contribution in [0.2, 0.25) is 0 Å². The second kappa shape index (κ2) is 7.94. The molecule has 0 radical (unpaired) electrons. The van der Waals surface area contributed by atoms with Gasteiger partial charge < -0.3 is 14.8 Å². The molecule has 0 atom stereocenters. The fourth-order valence-corrected chi connectivity index (χ4v) is 4.32. The number of hydrogen-bond donors (Lipinski definition) is 1. The van der Waals surface area contributed by atoms with Gasteiger partial charge >= 0.3 is 0 Å². The number of carbonyl (C=O) groups is 1. The summed E-state index contributed by atoms with van der Waals surface area (Å²) in [7, 11) is 0. The van der Waals surface area contributed by atoms with Gasteiger partial charge in [-0.05, 0) is 35.1 Å². The zero-order valence-electron chi connectivity index (χ0n) is 17.7. The average molecular weight is 390 g/mol. The highest BCUT2D eigenvalue weighted by Crippen LogP contribution is 2.32. The molecule has 4 nitrogen and oxygen atoms in total. The van der Waals surface area contributed by atoms with Gasteiger partial charge in [0.25, 0.3) is 0 Å². The number of piperazine rings is 1. The molecule has 1 aliphatic heterocycles. The van der Waals surface area contributed by atoms with Gasteiger partial charge in [-0.15, -0.1) is 0 Å². The molecule has 1 aliphatic rings. The van der Waals surface area contributed by atoms with Crippen molar-refractivity contribution >= 4 is 22.5 Å². The molecular formula is C25H31N3O. The van der Waals surface area contributed by atoms with Gasteiger partial charge in [-0.1, -0.05) is 57.2 Å². The Kier molecular flexibility index (Phi) is 5.35. The Morgan fingerprint density at radius 3 is 2.41 bits per heavy atom. The number of nitrogens with zero attached hydrogens (tertiary/aromatic N) is 2. The Morgan fingerprint density at radius 2 is 1.66 bits per heavy atom. The fourth-order valence-electron chi connectivity index (χ4n) is 4.32. The van der Waals surface area contributed by atoms with Crippen molar-refractivity contribution in [3.8, 4) is 0 Å². The van der Waals surface area contributed by atoms with Crippen LogP contribution in [0.1, 0.15) is 38.3 Å². The maximum absolute atomic E-state index is 12.8. The minimum atomic E-state index is 0.114. The number of aryl methyl sites for hydroxylation is 1. The predicted molar refractivity (Wildman–Crippen MR) is 121 cm³/mol. The van der Waals surface area contributed by atoms with E-state index in [0.29, 0.717) is 6.42 Å². The van der Waals surface area contributed by atoms with Crippen LogP contribution in [0.25, 0.3) is 10.9 Å². The Morgan fingerprint density at radius 1 is 0.966 bits per heavy atom. The molecule has 2 heterocycles. The van der Waals surface area contributed by atoms with Crippen molar-refractivity contribution in [1.29, 1.82) is 0 Å². The first-order valence-electron chi connectivity index (χ1n) is 10.6. The number of benzene rings is 2. The van der Waals surface area contributed by atoms with E-state index in [0.717, 1.165) is 38.1 Å². The number of amides is 1. The molecule has 1 fully saturated rings. The number of nitrogens with one attached hydrogen (secondary N) is 1. The van der Waals surface area contributed by atoms with Crippen LogP contribution >= 0.6 is 0 Å². The van der Waals surface area contributed by atoms with E-state index in [9.17, 15) is 4.79 Å².